The van der Waals surface area contributed by atoms with Crippen LogP contribution in [0, 0.1) is 0 Å². The summed E-state index contributed by atoms with van der Waals surface area (Å²) in [5.41, 5.74) is 3.11. The third kappa shape index (κ3) is 3.93. The zero-order valence-electron chi connectivity index (χ0n) is 12.1. The lowest BCUT2D eigenvalue weighted by Crippen LogP contribution is -2.15. The van der Waals surface area contributed by atoms with Crippen LogP contribution >= 0.6 is 0 Å². The molecule has 0 radical (unpaired) electrons. The van der Waals surface area contributed by atoms with Crippen molar-refractivity contribution in [1.29, 1.82) is 0 Å². The minimum atomic E-state index is -0.0582. The van der Waals surface area contributed by atoms with E-state index < -0.39 is 0 Å². The summed E-state index contributed by atoms with van der Waals surface area (Å²) in [6.07, 6.45) is -0.0582. The van der Waals surface area contributed by atoms with Gasteiger partial charge in [-0.2, -0.15) is 15.0 Å². The highest BCUT2D eigenvalue weighted by Gasteiger charge is 2.10. The first-order valence-electron chi connectivity index (χ1n) is 6.41. The van der Waals surface area contributed by atoms with Crippen LogP contribution < -0.4 is 26.1 Å². The lowest BCUT2D eigenvalue weighted by molar-refractivity contribution is 0.222. The van der Waals surface area contributed by atoms with Crippen LogP contribution in [0.5, 0.6) is 11.8 Å². The number of nitrogens with one attached hydrogen (secondary N) is 2. The molecule has 112 valence electrons. The van der Waals surface area contributed by atoms with Gasteiger partial charge in [0.05, 0.1) is 18.9 Å². The minimum absolute atomic E-state index is 0.0582. The number of benzene rings is 1. The number of methoxy groups -OCH3 is 1. The number of hydrazine groups is 1. The number of para-hydroxylation sites is 2. The van der Waals surface area contributed by atoms with E-state index in [2.05, 4.69) is 25.7 Å². The summed E-state index contributed by atoms with van der Waals surface area (Å²) in [6, 6.07) is 7.61. The molecule has 0 spiro atoms. The van der Waals surface area contributed by atoms with Gasteiger partial charge >= 0.3 is 6.01 Å². The number of nitrogens with zero attached hydrogens (tertiary/aromatic N) is 3. The zero-order chi connectivity index (χ0) is 15.2. The number of nitrogens with two attached hydrogens (primary N) is 1. The number of nitrogen functional groups attached to an aromatic ring is 1. The maximum atomic E-state index is 5.46. The monoisotopic (exact) mass is 290 g/mol. The van der Waals surface area contributed by atoms with E-state index in [1.807, 2.05) is 38.1 Å². The van der Waals surface area contributed by atoms with Crippen LogP contribution in [0.25, 0.3) is 0 Å². The summed E-state index contributed by atoms with van der Waals surface area (Å²) in [4.78, 5) is 12.3. The number of ether oxygens (including phenoxy) is 2. The van der Waals surface area contributed by atoms with Crippen molar-refractivity contribution >= 4 is 17.6 Å². The number of aromatic nitrogens is 3. The number of hydrogen-bond donors (Lipinski definition) is 3. The van der Waals surface area contributed by atoms with Crippen molar-refractivity contribution in [3.63, 3.8) is 0 Å². The number of rotatable bonds is 6. The van der Waals surface area contributed by atoms with Gasteiger partial charge in [0.25, 0.3) is 0 Å². The molecule has 0 bridgehead atoms. The number of anilines is 3. The summed E-state index contributed by atoms with van der Waals surface area (Å²) in [7, 11) is 1.59. The van der Waals surface area contributed by atoms with Crippen molar-refractivity contribution in [3.05, 3.63) is 24.3 Å². The second kappa shape index (κ2) is 6.71. The van der Waals surface area contributed by atoms with Crippen LogP contribution in [0.3, 0.4) is 0 Å². The van der Waals surface area contributed by atoms with Gasteiger partial charge in [0, 0.05) is 0 Å². The van der Waals surface area contributed by atoms with E-state index in [0.717, 1.165) is 5.69 Å². The highest BCUT2D eigenvalue weighted by molar-refractivity contribution is 5.62. The van der Waals surface area contributed by atoms with Gasteiger partial charge in [0.15, 0.2) is 0 Å². The predicted octanol–water partition coefficient (Wildman–Crippen LogP) is 1.70. The van der Waals surface area contributed by atoms with Crippen LogP contribution in [0.15, 0.2) is 24.3 Å². The van der Waals surface area contributed by atoms with Crippen molar-refractivity contribution in [3.8, 4) is 11.8 Å². The fourth-order valence-electron chi connectivity index (χ4n) is 1.61. The molecule has 0 unspecified atom stereocenters. The van der Waals surface area contributed by atoms with Crippen molar-refractivity contribution in [2.24, 2.45) is 5.84 Å². The van der Waals surface area contributed by atoms with Gasteiger partial charge in [-0.05, 0) is 26.0 Å². The Morgan fingerprint density at radius 1 is 1.10 bits per heavy atom. The fraction of sp³-hybridized carbons (Fsp3) is 0.308. The quantitative estimate of drug-likeness (QED) is 0.545. The second-order valence-corrected chi connectivity index (χ2v) is 4.40. The normalized spacial score (nSPS) is 10.3. The molecule has 1 heterocycles. The average molecular weight is 290 g/mol. The fourth-order valence-corrected chi connectivity index (χ4v) is 1.61. The first-order chi connectivity index (χ1) is 10.1. The molecule has 1 aromatic carbocycles. The molecular formula is C13H18N6O2. The van der Waals surface area contributed by atoms with Crippen molar-refractivity contribution < 1.29 is 9.47 Å². The SMILES string of the molecule is COc1ccccc1Nc1nc(NN)nc(OC(C)C)n1. The van der Waals surface area contributed by atoms with E-state index in [1.165, 1.54) is 0 Å². The standard InChI is InChI=1S/C13H18N6O2/c1-8(2)21-13-17-11(16-12(18-13)19-14)15-9-6-4-5-7-10(9)20-3/h4-8H,14H2,1-3H3,(H2,15,16,17,18,19). The van der Waals surface area contributed by atoms with Gasteiger partial charge in [0.1, 0.15) is 5.75 Å². The van der Waals surface area contributed by atoms with E-state index in [4.69, 9.17) is 15.3 Å². The topological polar surface area (TPSA) is 107 Å². The summed E-state index contributed by atoms with van der Waals surface area (Å²) in [5.74, 6) is 6.54. The van der Waals surface area contributed by atoms with Crippen LogP contribution in [0.1, 0.15) is 13.8 Å². The molecule has 1 aromatic heterocycles. The Labute approximate surface area is 122 Å². The Hall–Kier alpha value is -2.61. The summed E-state index contributed by atoms with van der Waals surface area (Å²) >= 11 is 0. The van der Waals surface area contributed by atoms with Crippen LogP contribution in [0.4, 0.5) is 17.6 Å². The van der Waals surface area contributed by atoms with Gasteiger partial charge < -0.3 is 14.8 Å². The lowest BCUT2D eigenvalue weighted by atomic mass is 10.3. The van der Waals surface area contributed by atoms with E-state index >= 15 is 0 Å². The van der Waals surface area contributed by atoms with Crippen molar-refractivity contribution in [1.82, 2.24) is 15.0 Å². The second-order valence-electron chi connectivity index (χ2n) is 4.40. The molecule has 0 atom stereocenters. The highest BCUT2D eigenvalue weighted by atomic mass is 16.5. The molecule has 0 amide bonds. The average Bonchev–Trinajstić information content (AvgIpc) is 2.46. The molecule has 0 saturated carbocycles. The van der Waals surface area contributed by atoms with E-state index in [9.17, 15) is 0 Å². The first kappa shape index (κ1) is 14.8. The Morgan fingerprint density at radius 2 is 1.81 bits per heavy atom. The molecule has 2 rings (SSSR count). The third-order valence-corrected chi connectivity index (χ3v) is 2.44. The minimum Gasteiger partial charge on any atom is -0.495 e. The lowest BCUT2D eigenvalue weighted by Gasteiger charge is -2.12. The molecule has 0 aliphatic heterocycles. The molecule has 4 N–H and O–H groups in total. The Balaban J connectivity index is 2.30. The van der Waals surface area contributed by atoms with Gasteiger partial charge in [0.2, 0.25) is 11.9 Å². The zero-order valence-corrected chi connectivity index (χ0v) is 12.1. The maximum Gasteiger partial charge on any atom is 0.323 e. The summed E-state index contributed by atoms with van der Waals surface area (Å²) < 4.78 is 10.7. The molecular weight excluding hydrogens is 272 g/mol. The van der Waals surface area contributed by atoms with Crippen LogP contribution in [0.2, 0.25) is 0 Å². The first-order valence-corrected chi connectivity index (χ1v) is 6.41. The van der Waals surface area contributed by atoms with E-state index in [1.54, 1.807) is 7.11 Å². The third-order valence-electron chi connectivity index (χ3n) is 2.44. The smallest absolute Gasteiger partial charge is 0.323 e. The molecule has 0 aliphatic rings. The molecule has 0 fully saturated rings. The molecule has 8 nitrogen and oxygen atoms in total. The molecule has 0 aliphatic carbocycles. The number of hydrogen-bond acceptors (Lipinski definition) is 8. The van der Waals surface area contributed by atoms with Crippen molar-refractivity contribution in [2.75, 3.05) is 17.9 Å². The molecule has 0 saturated heterocycles. The van der Waals surface area contributed by atoms with Gasteiger partial charge in [-0.15, -0.1) is 0 Å². The predicted molar refractivity (Wildman–Crippen MR) is 79.7 cm³/mol. The molecule has 2 aromatic rings. The van der Waals surface area contributed by atoms with Gasteiger partial charge in [-0.25, -0.2) is 5.84 Å². The Kier molecular flexibility index (Phi) is 4.72. The molecule has 21 heavy (non-hydrogen) atoms. The van der Waals surface area contributed by atoms with E-state index in [0.29, 0.717) is 11.7 Å². The van der Waals surface area contributed by atoms with Crippen LogP contribution in [-0.2, 0) is 0 Å². The van der Waals surface area contributed by atoms with Gasteiger partial charge in [-0.1, -0.05) is 12.1 Å². The van der Waals surface area contributed by atoms with Gasteiger partial charge in [-0.3, -0.25) is 5.43 Å². The largest absolute Gasteiger partial charge is 0.495 e. The van der Waals surface area contributed by atoms with Crippen molar-refractivity contribution in [2.45, 2.75) is 20.0 Å². The maximum absolute atomic E-state index is 5.46. The Morgan fingerprint density at radius 3 is 2.48 bits per heavy atom. The molecule has 8 heteroatoms. The van der Waals surface area contributed by atoms with E-state index in [-0.39, 0.29) is 18.1 Å². The highest BCUT2D eigenvalue weighted by Crippen LogP contribution is 2.26. The summed E-state index contributed by atoms with van der Waals surface area (Å²) in [5, 5.41) is 3.05. The Bertz CT molecular complexity index is 605. The van der Waals surface area contributed by atoms with Crippen LogP contribution in [-0.4, -0.2) is 28.2 Å². The summed E-state index contributed by atoms with van der Waals surface area (Å²) in [6.45, 7) is 3.76.